The van der Waals surface area contributed by atoms with Crippen LogP contribution >= 0.6 is 34.4 Å². The highest BCUT2D eigenvalue weighted by atomic mass is 32.2. The van der Waals surface area contributed by atoms with E-state index in [-0.39, 0.29) is 5.75 Å². The van der Waals surface area contributed by atoms with Gasteiger partial charge in [-0.05, 0) is 0 Å². The molecule has 0 aliphatic rings. The molecule has 9 heteroatoms. The molecule has 0 aliphatic carbocycles. The van der Waals surface area contributed by atoms with Crippen molar-refractivity contribution in [1.82, 2.24) is 15.2 Å². The molecule has 2 N–H and O–H groups in total. The summed E-state index contributed by atoms with van der Waals surface area (Å²) >= 11 is 4.11. The number of aliphatic carboxylic acids is 1. The van der Waals surface area contributed by atoms with Crippen molar-refractivity contribution in [2.45, 2.75) is 10.8 Å². The van der Waals surface area contributed by atoms with Gasteiger partial charge in [0.1, 0.15) is 0 Å². The van der Waals surface area contributed by atoms with Crippen LogP contribution in [0.2, 0.25) is 0 Å². The Morgan fingerprint density at radius 1 is 1.50 bits per heavy atom. The molecular weight excluding hydrogens is 292 g/mol. The third kappa shape index (κ3) is 4.24. The summed E-state index contributed by atoms with van der Waals surface area (Å²) in [6.45, 7) is 0.738. The standard InChI is InChI=1S/C9H10N4O2S3/c14-7(15)4-17-9-13-12-8(18-9)10-2-1-6-3-16-5-11-6/h3,5H,1-2,4H2,(H,10,12)(H,14,15). The lowest BCUT2D eigenvalue weighted by atomic mass is 10.3. The van der Waals surface area contributed by atoms with Gasteiger partial charge >= 0.3 is 5.97 Å². The van der Waals surface area contributed by atoms with Crippen LogP contribution in [0.15, 0.2) is 15.2 Å². The summed E-state index contributed by atoms with van der Waals surface area (Å²) in [5, 5.41) is 22.2. The molecule has 0 aliphatic heterocycles. The number of aromatic nitrogens is 3. The van der Waals surface area contributed by atoms with Crippen molar-refractivity contribution in [2.24, 2.45) is 0 Å². The predicted octanol–water partition coefficient (Wildman–Crippen LogP) is 1.83. The van der Waals surface area contributed by atoms with Crippen molar-refractivity contribution in [3.63, 3.8) is 0 Å². The maximum atomic E-state index is 10.4. The van der Waals surface area contributed by atoms with Crippen LogP contribution in [-0.4, -0.2) is 38.6 Å². The minimum atomic E-state index is -0.853. The first-order chi connectivity index (χ1) is 8.74. The zero-order valence-electron chi connectivity index (χ0n) is 9.20. The summed E-state index contributed by atoms with van der Waals surface area (Å²) in [6.07, 6.45) is 0.834. The number of hydrogen-bond acceptors (Lipinski definition) is 8. The molecule has 0 aromatic carbocycles. The second kappa shape index (κ2) is 6.66. The average molecular weight is 302 g/mol. The average Bonchev–Trinajstić information content (AvgIpc) is 2.97. The maximum Gasteiger partial charge on any atom is 0.313 e. The number of carbonyl (C=O) groups is 1. The number of carboxylic acids is 1. The Morgan fingerprint density at radius 2 is 2.39 bits per heavy atom. The number of rotatable bonds is 7. The van der Waals surface area contributed by atoms with E-state index in [0.717, 1.165) is 18.7 Å². The van der Waals surface area contributed by atoms with Crippen molar-refractivity contribution in [1.29, 1.82) is 0 Å². The minimum absolute atomic E-state index is 0.00740. The fourth-order valence-electron chi connectivity index (χ4n) is 1.12. The van der Waals surface area contributed by atoms with E-state index in [2.05, 4.69) is 20.5 Å². The van der Waals surface area contributed by atoms with Gasteiger partial charge in [0.05, 0.1) is 17.0 Å². The molecular formula is C9H10N4O2S3. The van der Waals surface area contributed by atoms with Gasteiger partial charge in [-0.3, -0.25) is 4.79 Å². The third-order valence-electron chi connectivity index (χ3n) is 1.87. The lowest BCUT2D eigenvalue weighted by molar-refractivity contribution is -0.133. The molecule has 0 fully saturated rings. The van der Waals surface area contributed by atoms with E-state index in [1.165, 1.54) is 23.1 Å². The smallest absolute Gasteiger partial charge is 0.313 e. The summed E-state index contributed by atoms with van der Waals surface area (Å²) in [5.41, 5.74) is 2.86. The molecule has 0 spiro atoms. The van der Waals surface area contributed by atoms with Gasteiger partial charge in [-0.2, -0.15) is 0 Å². The fourth-order valence-corrected chi connectivity index (χ4v) is 3.21. The predicted molar refractivity (Wildman–Crippen MR) is 72.6 cm³/mol. The molecule has 6 nitrogen and oxygen atoms in total. The SMILES string of the molecule is O=C(O)CSc1nnc(NCCc2cscn2)s1. The second-order valence-corrected chi connectivity index (χ2v) is 6.13. The quantitative estimate of drug-likeness (QED) is 0.754. The molecule has 0 saturated heterocycles. The molecule has 2 aromatic rings. The van der Waals surface area contributed by atoms with Crippen molar-refractivity contribution in [3.05, 3.63) is 16.6 Å². The van der Waals surface area contributed by atoms with Gasteiger partial charge in [-0.1, -0.05) is 23.1 Å². The first kappa shape index (κ1) is 13.2. The van der Waals surface area contributed by atoms with Gasteiger partial charge in [0.15, 0.2) is 4.34 Å². The number of anilines is 1. The molecule has 2 heterocycles. The third-order valence-corrected chi connectivity index (χ3v) is 4.50. The summed E-state index contributed by atoms with van der Waals surface area (Å²) < 4.78 is 0.661. The summed E-state index contributed by atoms with van der Waals surface area (Å²) in [6, 6.07) is 0. The highest BCUT2D eigenvalue weighted by molar-refractivity contribution is 8.01. The second-order valence-electron chi connectivity index (χ2n) is 3.21. The number of thiazole rings is 1. The molecule has 0 atom stereocenters. The first-order valence-corrected chi connectivity index (χ1v) is 7.77. The highest BCUT2D eigenvalue weighted by Gasteiger charge is 2.06. The number of nitrogens with zero attached hydrogens (tertiary/aromatic N) is 3. The van der Waals surface area contributed by atoms with E-state index in [1.807, 2.05) is 5.38 Å². The molecule has 96 valence electrons. The zero-order valence-corrected chi connectivity index (χ0v) is 11.6. The number of carboxylic acid groups (broad SMARTS) is 1. The number of hydrogen-bond donors (Lipinski definition) is 2. The normalized spacial score (nSPS) is 10.4. The van der Waals surface area contributed by atoms with E-state index in [4.69, 9.17) is 5.11 Å². The van der Waals surface area contributed by atoms with E-state index in [0.29, 0.717) is 9.47 Å². The highest BCUT2D eigenvalue weighted by Crippen LogP contribution is 2.25. The van der Waals surface area contributed by atoms with Crippen LogP contribution in [0.3, 0.4) is 0 Å². The molecule has 2 rings (SSSR count). The van der Waals surface area contributed by atoms with Crippen molar-refractivity contribution in [3.8, 4) is 0 Å². The molecule has 0 saturated carbocycles. The van der Waals surface area contributed by atoms with E-state index in [1.54, 1.807) is 16.8 Å². The van der Waals surface area contributed by atoms with Gasteiger partial charge in [0.2, 0.25) is 5.13 Å². The molecule has 0 unspecified atom stereocenters. The van der Waals surface area contributed by atoms with Crippen LogP contribution in [0.1, 0.15) is 5.69 Å². The Morgan fingerprint density at radius 3 is 3.11 bits per heavy atom. The van der Waals surface area contributed by atoms with Crippen LogP contribution < -0.4 is 5.32 Å². The topological polar surface area (TPSA) is 88.0 Å². The number of thioether (sulfide) groups is 1. The van der Waals surface area contributed by atoms with Gasteiger partial charge in [0, 0.05) is 18.3 Å². The van der Waals surface area contributed by atoms with Gasteiger partial charge < -0.3 is 10.4 Å². The Balaban J connectivity index is 1.74. The van der Waals surface area contributed by atoms with Crippen molar-refractivity contribution in [2.75, 3.05) is 17.6 Å². The van der Waals surface area contributed by atoms with Crippen molar-refractivity contribution < 1.29 is 9.90 Å². The van der Waals surface area contributed by atoms with Crippen LogP contribution in [0.5, 0.6) is 0 Å². The Kier molecular flexibility index (Phi) is 4.90. The largest absolute Gasteiger partial charge is 0.481 e. The summed E-state index contributed by atoms with van der Waals surface area (Å²) in [7, 11) is 0. The van der Waals surface area contributed by atoms with E-state index < -0.39 is 5.97 Å². The van der Waals surface area contributed by atoms with Gasteiger partial charge in [0.25, 0.3) is 0 Å². The van der Waals surface area contributed by atoms with Crippen LogP contribution in [0.4, 0.5) is 5.13 Å². The summed E-state index contributed by atoms with van der Waals surface area (Å²) in [4.78, 5) is 14.6. The Hall–Kier alpha value is -1.19. The van der Waals surface area contributed by atoms with E-state index in [9.17, 15) is 4.79 Å². The molecule has 0 radical (unpaired) electrons. The Labute approximate surface area is 115 Å². The Bertz CT molecular complexity index is 500. The van der Waals surface area contributed by atoms with Crippen molar-refractivity contribution >= 4 is 45.5 Å². The minimum Gasteiger partial charge on any atom is -0.481 e. The van der Waals surface area contributed by atoms with Crippen LogP contribution in [0.25, 0.3) is 0 Å². The molecule has 0 amide bonds. The lowest BCUT2D eigenvalue weighted by Gasteiger charge is -1.98. The zero-order chi connectivity index (χ0) is 12.8. The first-order valence-electron chi connectivity index (χ1n) is 5.03. The van der Waals surface area contributed by atoms with Gasteiger partial charge in [-0.25, -0.2) is 4.98 Å². The maximum absolute atomic E-state index is 10.4. The van der Waals surface area contributed by atoms with Crippen LogP contribution in [0, 0.1) is 0 Å². The molecule has 18 heavy (non-hydrogen) atoms. The van der Waals surface area contributed by atoms with E-state index >= 15 is 0 Å². The van der Waals surface area contributed by atoms with Crippen LogP contribution in [-0.2, 0) is 11.2 Å². The monoisotopic (exact) mass is 302 g/mol. The lowest BCUT2D eigenvalue weighted by Crippen LogP contribution is -2.04. The van der Waals surface area contributed by atoms with Gasteiger partial charge in [-0.15, -0.1) is 21.5 Å². The number of nitrogens with one attached hydrogen (secondary N) is 1. The fraction of sp³-hybridized carbons (Fsp3) is 0.333. The summed E-state index contributed by atoms with van der Waals surface area (Å²) in [5.74, 6) is -0.846. The molecule has 0 bridgehead atoms. The molecule has 2 aromatic heterocycles.